The van der Waals surface area contributed by atoms with E-state index in [-0.39, 0.29) is 17.2 Å². The van der Waals surface area contributed by atoms with Crippen molar-refractivity contribution in [2.24, 2.45) is 0 Å². The van der Waals surface area contributed by atoms with E-state index >= 15 is 0 Å². The van der Waals surface area contributed by atoms with Crippen LogP contribution >= 0.6 is 56.8 Å². The molecule has 0 saturated carbocycles. The lowest BCUT2D eigenvalue weighted by Crippen LogP contribution is -2.15. The fourth-order valence-corrected chi connectivity index (χ4v) is 2.66. The van der Waals surface area contributed by atoms with Crippen molar-refractivity contribution in [1.82, 2.24) is 0 Å². The van der Waals surface area contributed by atoms with Crippen molar-refractivity contribution in [1.29, 1.82) is 0 Å². The molecule has 0 aliphatic heterocycles. The summed E-state index contributed by atoms with van der Waals surface area (Å²) in [7, 11) is 0. The molecular weight excluding hydrogens is 519 g/mol. The number of amides is 1. The van der Waals surface area contributed by atoms with Crippen LogP contribution in [0.5, 0.6) is 0 Å². The molecule has 0 aliphatic carbocycles. The Hall–Kier alpha value is -0.870. The third kappa shape index (κ3) is 4.07. The summed E-state index contributed by atoms with van der Waals surface area (Å²) in [6.07, 6.45) is 0. The second kappa shape index (κ2) is 6.93. The highest BCUT2D eigenvalue weighted by Gasteiger charge is 2.14. The van der Waals surface area contributed by atoms with E-state index in [9.17, 15) is 9.59 Å². The Balaban J connectivity index is 2.31. The summed E-state index contributed by atoms with van der Waals surface area (Å²) in [4.78, 5) is 23.4. The summed E-state index contributed by atoms with van der Waals surface area (Å²) in [6.45, 7) is 0. The molecule has 0 heterocycles. The van der Waals surface area contributed by atoms with Gasteiger partial charge in [0.1, 0.15) is 0 Å². The lowest BCUT2D eigenvalue weighted by molar-refractivity contribution is 0.0698. The van der Waals surface area contributed by atoms with Crippen molar-refractivity contribution in [3.8, 4) is 0 Å². The van der Waals surface area contributed by atoms with E-state index in [0.717, 1.165) is 7.14 Å². The zero-order chi connectivity index (χ0) is 15.6. The quantitative estimate of drug-likeness (QED) is 0.578. The van der Waals surface area contributed by atoms with Crippen molar-refractivity contribution in [3.63, 3.8) is 0 Å². The van der Waals surface area contributed by atoms with Gasteiger partial charge in [-0.25, -0.2) is 4.79 Å². The minimum Gasteiger partial charge on any atom is -0.478 e. The molecule has 0 aliphatic rings. The maximum atomic E-state index is 12.2. The summed E-state index contributed by atoms with van der Waals surface area (Å²) in [6, 6.07) is 9.57. The lowest BCUT2D eigenvalue weighted by Gasteiger charge is -2.09. The van der Waals surface area contributed by atoms with Gasteiger partial charge in [-0.1, -0.05) is 11.6 Å². The van der Waals surface area contributed by atoms with E-state index in [2.05, 4.69) is 50.5 Å². The predicted molar refractivity (Wildman–Crippen MR) is 98.2 cm³/mol. The van der Waals surface area contributed by atoms with Gasteiger partial charge < -0.3 is 10.4 Å². The summed E-state index contributed by atoms with van der Waals surface area (Å²) in [5.41, 5.74) is 0.632. The molecule has 0 unspecified atom stereocenters. The number of aromatic carboxylic acids is 1. The third-order valence-electron chi connectivity index (χ3n) is 2.64. The molecule has 0 radical (unpaired) electrons. The largest absolute Gasteiger partial charge is 0.478 e. The topological polar surface area (TPSA) is 66.4 Å². The highest BCUT2D eigenvalue weighted by Crippen LogP contribution is 2.22. The van der Waals surface area contributed by atoms with Crippen LogP contribution in [0.15, 0.2) is 36.4 Å². The van der Waals surface area contributed by atoms with Crippen molar-refractivity contribution >= 4 is 74.3 Å². The summed E-state index contributed by atoms with van der Waals surface area (Å²) in [5.74, 6) is -1.51. The Morgan fingerprint density at radius 1 is 1.05 bits per heavy atom. The predicted octanol–water partition coefficient (Wildman–Crippen LogP) is 4.50. The normalized spacial score (nSPS) is 10.2. The van der Waals surface area contributed by atoms with E-state index in [4.69, 9.17) is 16.7 Å². The fourth-order valence-electron chi connectivity index (χ4n) is 1.63. The van der Waals surface area contributed by atoms with E-state index in [1.54, 1.807) is 12.1 Å². The van der Waals surface area contributed by atoms with Crippen molar-refractivity contribution in [2.75, 3.05) is 5.32 Å². The number of halogens is 3. The molecule has 0 fully saturated rings. The third-order valence-corrected chi connectivity index (χ3v) is 5.74. The number of anilines is 1. The number of carbonyl (C=O) groups excluding carboxylic acids is 1. The van der Waals surface area contributed by atoms with Gasteiger partial charge in [0.05, 0.1) is 11.3 Å². The minimum atomic E-state index is -1.15. The van der Waals surface area contributed by atoms with Crippen molar-refractivity contribution in [2.45, 2.75) is 0 Å². The van der Waals surface area contributed by atoms with E-state index in [1.165, 1.54) is 18.2 Å². The molecule has 0 aromatic heterocycles. The number of benzene rings is 2. The summed E-state index contributed by atoms with van der Waals surface area (Å²) < 4.78 is 2.00. The van der Waals surface area contributed by atoms with Gasteiger partial charge in [0, 0.05) is 17.7 Å². The molecule has 0 spiro atoms. The Morgan fingerprint density at radius 3 is 2.38 bits per heavy atom. The van der Waals surface area contributed by atoms with E-state index in [1.807, 2.05) is 6.07 Å². The van der Waals surface area contributed by atoms with Crippen molar-refractivity contribution < 1.29 is 14.7 Å². The van der Waals surface area contributed by atoms with Crippen LogP contribution in [0, 0.1) is 7.14 Å². The van der Waals surface area contributed by atoms with Crippen LogP contribution in [0.3, 0.4) is 0 Å². The second-order valence-corrected chi connectivity index (χ2v) is 6.84. The number of carboxylic acid groups (broad SMARTS) is 1. The first-order valence-corrected chi connectivity index (χ1v) is 8.21. The first kappa shape index (κ1) is 16.5. The van der Waals surface area contributed by atoms with Crippen LogP contribution in [0.2, 0.25) is 5.02 Å². The van der Waals surface area contributed by atoms with Crippen LogP contribution in [0.4, 0.5) is 5.69 Å². The molecule has 4 nitrogen and oxygen atoms in total. The van der Waals surface area contributed by atoms with Crippen LogP contribution < -0.4 is 5.32 Å². The molecule has 2 aromatic carbocycles. The summed E-state index contributed by atoms with van der Waals surface area (Å²) >= 11 is 10.1. The fraction of sp³-hybridized carbons (Fsp3) is 0. The second-order valence-electron chi connectivity index (χ2n) is 4.08. The molecular formula is C14H8ClI2NO3. The molecule has 21 heavy (non-hydrogen) atoms. The molecule has 108 valence electrons. The molecule has 2 rings (SSSR count). The first-order chi connectivity index (χ1) is 9.88. The van der Waals surface area contributed by atoms with Gasteiger partial charge in [0.2, 0.25) is 0 Å². The van der Waals surface area contributed by atoms with Gasteiger partial charge in [-0.3, -0.25) is 4.79 Å². The van der Waals surface area contributed by atoms with Crippen LogP contribution in [-0.2, 0) is 0 Å². The van der Waals surface area contributed by atoms with Gasteiger partial charge in [0.25, 0.3) is 5.91 Å². The number of hydrogen-bond acceptors (Lipinski definition) is 2. The standard InChI is InChI=1S/C14H8ClI2NO3/c15-8-2-4-12(9(6-8)14(20)21)18-13(19)7-1-3-10(16)11(17)5-7/h1-6H,(H,18,19)(H,20,21). The van der Waals surface area contributed by atoms with Gasteiger partial charge in [-0.15, -0.1) is 0 Å². The maximum absolute atomic E-state index is 12.2. The van der Waals surface area contributed by atoms with Crippen LogP contribution in [0.1, 0.15) is 20.7 Å². The monoisotopic (exact) mass is 527 g/mol. The van der Waals surface area contributed by atoms with Crippen LogP contribution in [-0.4, -0.2) is 17.0 Å². The van der Waals surface area contributed by atoms with E-state index < -0.39 is 5.97 Å². The average molecular weight is 527 g/mol. The minimum absolute atomic E-state index is 0.0453. The lowest BCUT2D eigenvalue weighted by atomic mass is 10.1. The number of rotatable bonds is 3. The number of nitrogens with one attached hydrogen (secondary N) is 1. The van der Waals surface area contributed by atoms with Crippen LogP contribution in [0.25, 0.3) is 0 Å². The molecule has 1 amide bonds. The number of carbonyl (C=O) groups is 2. The Labute approximate surface area is 153 Å². The molecule has 2 aromatic rings. The van der Waals surface area contributed by atoms with E-state index in [0.29, 0.717) is 10.6 Å². The molecule has 0 atom stereocenters. The Morgan fingerprint density at radius 2 is 1.76 bits per heavy atom. The zero-order valence-electron chi connectivity index (χ0n) is 10.4. The highest BCUT2D eigenvalue weighted by atomic mass is 127. The Kier molecular flexibility index (Phi) is 5.44. The summed E-state index contributed by atoms with van der Waals surface area (Å²) in [5, 5.41) is 12.0. The molecule has 0 saturated heterocycles. The molecule has 0 bridgehead atoms. The Bertz CT molecular complexity index is 734. The van der Waals surface area contributed by atoms with Gasteiger partial charge in [-0.2, -0.15) is 0 Å². The van der Waals surface area contributed by atoms with Crippen molar-refractivity contribution in [3.05, 3.63) is 59.7 Å². The first-order valence-electron chi connectivity index (χ1n) is 5.67. The van der Waals surface area contributed by atoms with Gasteiger partial charge in [-0.05, 0) is 81.6 Å². The van der Waals surface area contributed by atoms with Gasteiger partial charge >= 0.3 is 5.97 Å². The molecule has 2 N–H and O–H groups in total. The smallest absolute Gasteiger partial charge is 0.337 e. The number of carboxylic acids is 1. The number of hydrogen-bond donors (Lipinski definition) is 2. The molecule has 7 heteroatoms. The highest BCUT2D eigenvalue weighted by molar-refractivity contribution is 14.1. The van der Waals surface area contributed by atoms with Gasteiger partial charge in [0.15, 0.2) is 0 Å². The zero-order valence-corrected chi connectivity index (χ0v) is 15.4. The maximum Gasteiger partial charge on any atom is 0.337 e. The average Bonchev–Trinajstić information content (AvgIpc) is 2.43. The SMILES string of the molecule is O=C(Nc1ccc(Cl)cc1C(=O)O)c1ccc(I)c(I)c1.